The number of ether oxygens (including phenoxy) is 1. The molecule has 0 aromatic heterocycles. The SMILES string of the molecule is Cc1ccc(OC(F)F)c(CC(=O)O)c1F. The molecule has 16 heavy (non-hydrogen) atoms. The maximum absolute atomic E-state index is 13.5. The molecular weight excluding hydrogens is 225 g/mol. The van der Waals surface area contributed by atoms with E-state index in [1.54, 1.807) is 0 Å². The summed E-state index contributed by atoms with van der Waals surface area (Å²) in [5.74, 6) is -2.59. The van der Waals surface area contributed by atoms with E-state index >= 15 is 0 Å². The van der Waals surface area contributed by atoms with Gasteiger partial charge < -0.3 is 9.84 Å². The van der Waals surface area contributed by atoms with Crippen LogP contribution in [0.2, 0.25) is 0 Å². The van der Waals surface area contributed by atoms with Crippen molar-refractivity contribution in [1.82, 2.24) is 0 Å². The van der Waals surface area contributed by atoms with Crippen molar-refractivity contribution in [3.8, 4) is 5.75 Å². The number of carboxylic acids is 1. The van der Waals surface area contributed by atoms with Crippen LogP contribution in [-0.4, -0.2) is 17.7 Å². The zero-order chi connectivity index (χ0) is 12.3. The number of halogens is 3. The molecule has 0 bridgehead atoms. The third-order valence-electron chi connectivity index (χ3n) is 1.94. The first-order chi connectivity index (χ1) is 7.41. The molecule has 0 radical (unpaired) electrons. The summed E-state index contributed by atoms with van der Waals surface area (Å²) in [4.78, 5) is 10.5. The molecule has 1 rings (SSSR count). The average Bonchev–Trinajstić information content (AvgIpc) is 2.16. The van der Waals surface area contributed by atoms with E-state index in [2.05, 4.69) is 4.74 Å². The molecule has 6 heteroatoms. The summed E-state index contributed by atoms with van der Waals surface area (Å²) < 4.78 is 41.5. The van der Waals surface area contributed by atoms with Crippen molar-refractivity contribution < 1.29 is 27.8 Å². The Bertz CT molecular complexity index is 405. The lowest BCUT2D eigenvalue weighted by molar-refractivity contribution is -0.136. The number of rotatable bonds is 4. The minimum atomic E-state index is -3.12. The molecule has 0 spiro atoms. The van der Waals surface area contributed by atoms with Crippen LogP contribution >= 0.6 is 0 Å². The summed E-state index contributed by atoms with van der Waals surface area (Å²) in [6.45, 7) is -1.71. The lowest BCUT2D eigenvalue weighted by Gasteiger charge is -2.11. The summed E-state index contributed by atoms with van der Waals surface area (Å²) in [5, 5.41) is 8.53. The summed E-state index contributed by atoms with van der Waals surface area (Å²) in [6, 6.07) is 2.38. The molecule has 1 aromatic rings. The van der Waals surface area contributed by atoms with E-state index in [1.165, 1.54) is 13.0 Å². The van der Waals surface area contributed by atoms with Crippen molar-refractivity contribution in [1.29, 1.82) is 0 Å². The summed E-state index contributed by atoms with van der Waals surface area (Å²) in [6.07, 6.45) is -0.699. The van der Waals surface area contributed by atoms with Crippen LogP contribution in [0.15, 0.2) is 12.1 Å². The number of alkyl halides is 2. The van der Waals surface area contributed by atoms with Crippen molar-refractivity contribution in [3.63, 3.8) is 0 Å². The predicted octanol–water partition coefficient (Wildman–Crippen LogP) is 2.36. The zero-order valence-corrected chi connectivity index (χ0v) is 8.34. The normalized spacial score (nSPS) is 10.6. The van der Waals surface area contributed by atoms with Crippen LogP contribution in [0.3, 0.4) is 0 Å². The molecule has 0 fully saturated rings. The van der Waals surface area contributed by atoms with Gasteiger partial charge in [0.15, 0.2) is 0 Å². The highest BCUT2D eigenvalue weighted by Gasteiger charge is 2.17. The van der Waals surface area contributed by atoms with Crippen LogP contribution < -0.4 is 4.74 Å². The number of aliphatic carboxylic acids is 1. The maximum atomic E-state index is 13.5. The highest BCUT2D eigenvalue weighted by atomic mass is 19.3. The number of aryl methyl sites for hydroxylation is 1. The van der Waals surface area contributed by atoms with Crippen LogP contribution in [-0.2, 0) is 11.2 Å². The lowest BCUT2D eigenvalue weighted by atomic mass is 10.1. The van der Waals surface area contributed by atoms with Crippen molar-refractivity contribution >= 4 is 5.97 Å². The van der Waals surface area contributed by atoms with Gasteiger partial charge in [-0.05, 0) is 18.6 Å². The van der Waals surface area contributed by atoms with Crippen LogP contribution in [0.4, 0.5) is 13.2 Å². The summed E-state index contributed by atoms with van der Waals surface area (Å²) >= 11 is 0. The first kappa shape index (κ1) is 12.4. The fourth-order valence-electron chi connectivity index (χ4n) is 1.24. The topological polar surface area (TPSA) is 46.5 Å². The largest absolute Gasteiger partial charge is 0.481 e. The van der Waals surface area contributed by atoms with Crippen LogP contribution in [0.25, 0.3) is 0 Å². The second-order valence-electron chi connectivity index (χ2n) is 3.12. The van der Waals surface area contributed by atoms with Gasteiger partial charge in [0, 0.05) is 5.56 Å². The molecule has 0 aliphatic rings. The molecule has 0 saturated carbocycles. The first-order valence-corrected chi connectivity index (χ1v) is 4.36. The van der Waals surface area contributed by atoms with Crippen molar-refractivity contribution in [3.05, 3.63) is 29.1 Å². The number of hydrogen-bond donors (Lipinski definition) is 1. The molecule has 1 N–H and O–H groups in total. The van der Waals surface area contributed by atoms with Crippen molar-refractivity contribution in [2.24, 2.45) is 0 Å². The van der Waals surface area contributed by atoms with Gasteiger partial charge in [-0.2, -0.15) is 8.78 Å². The van der Waals surface area contributed by atoms with Crippen LogP contribution in [0.1, 0.15) is 11.1 Å². The summed E-state index contributed by atoms with van der Waals surface area (Å²) in [7, 11) is 0. The van der Waals surface area contributed by atoms with E-state index in [0.717, 1.165) is 6.07 Å². The monoisotopic (exact) mass is 234 g/mol. The Labute approximate surface area is 89.5 Å². The maximum Gasteiger partial charge on any atom is 0.387 e. The van der Waals surface area contributed by atoms with Crippen LogP contribution in [0, 0.1) is 12.7 Å². The molecule has 0 aliphatic carbocycles. The van der Waals surface area contributed by atoms with E-state index in [4.69, 9.17) is 5.11 Å². The van der Waals surface area contributed by atoms with E-state index < -0.39 is 30.6 Å². The Morgan fingerprint density at radius 1 is 1.50 bits per heavy atom. The molecule has 0 heterocycles. The number of carbonyl (C=O) groups is 1. The fraction of sp³-hybridized carbons (Fsp3) is 0.300. The molecule has 0 unspecified atom stereocenters. The van der Waals surface area contributed by atoms with Crippen molar-refractivity contribution in [2.75, 3.05) is 0 Å². The van der Waals surface area contributed by atoms with E-state index in [9.17, 15) is 18.0 Å². The third-order valence-corrected chi connectivity index (χ3v) is 1.94. The average molecular weight is 234 g/mol. The smallest absolute Gasteiger partial charge is 0.387 e. The third kappa shape index (κ3) is 2.88. The van der Waals surface area contributed by atoms with Gasteiger partial charge in [0.25, 0.3) is 0 Å². The Morgan fingerprint density at radius 2 is 2.12 bits per heavy atom. The Balaban J connectivity index is 3.15. The summed E-state index contributed by atoms with van der Waals surface area (Å²) in [5.41, 5.74) is -0.189. The Hall–Kier alpha value is -1.72. The highest BCUT2D eigenvalue weighted by Crippen LogP contribution is 2.26. The number of carboxylic acid groups (broad SMARTS) is 1. The molecule has 0 atom stereocenters. The molecule has 3 nitrogen and oxygen atoms in total. The molecule has 0 saturated heterocycles. The van der Waals surface area contributed by atoms with Crippen LogP contribution in [0.5, 0.6) is 5.75 Å². The van der Waals surface area contributed by atoms with Gasteiger partial charge in [-0.1, -0.05) is 6.07 Å². The van der Waals surface area contributed by atoms with Gasteiger partial charge in [-0.25, -0.2) is 4.39 Å². The second-order valence-corrected chi connectivity index (χ2v) is 3.12. The molecule has 0 amide bonds. The zero-order valence-electron chi connectivity index (χ0n) is 8.34. The van der Waals surface area contributed by atoms with Gasteiger partial charge in [-0.3, -0.25) is 4.79 Å². The Kier molecular flexibility index (Phi) is 3.76. The second kappa shape index (κ2) is 4.87. The fourth-order valence-corrected chi connectivity index (χ4v) is 1.24. The lowest BCUT2D eigenvalue weighted by Crippen LogP contribution is -2.10. The quantitative estimate of drug-likeness (QED) is 0.869. The van der Waals surface area contributed by atoms with Gasteiger partial charge in [0.2, 0.25) is 0 Å². The standard InChI is InChI=1S/C10H9F3O3/c1-5-2-3-7(16-10(12)13)6(9(5)11)4-8(14)15/h2-3,10H,4H2,1H3,(H,14,15). The first-order valence-electron chi connectivity index (χ1n) is 4.36. The van der Waals surface area contributed by atoms with Gasteiger partial charge in [0.05, 0.1) is 6.42 Å². The van der Waals surface area contributed by atoms with Gasteiger partial charge in [-0.15, -0.1) is 0 Å². The van der Waals surface area contributed by atoms with E-state index in [0.29, 0.717) is 0 Å². The van der Waals surface area contributed by atoms with Gasteiger partial charge in [0.1, 0.15) is 11.6 Å². The minimum absolute atomic E-state index is 0.179. The highest BCUT2D eigenvalue weighted by molar-refractivity contribution is 5.71. The predicted molar refractivity (Wildman–Crippen MR) is 49.1 cm³/mol. The number of hydrogen-bond acceptors (Lipinski definition) is 2. The molecule has 1 aromatic carbocycles. The van der Waals surface area contributed by atoms with Gasteiger partial charge >= 0.3 is 12.6 Å². The van der Waals surface area contributed by atoms with Crippen molar-refractivity contribution in [2.45, 2.75) is 20.0 Å². The molecule has 88 valence electrons. The number of benzene rings is 1. The van der Waals surface area contributed by atoms with E-state index in [1.807, 2.05) is 0 Å². The van der Waals surface area contributed by atoms with E-state index in [-0.39, 0.29) is 11.1 Å². The minimum Gasteiger partial charge on any atom is -0.481 e. The molecular formula is C10H9F3O3. The Morgan fingerprint density at radius 3 is 2.62 bits per heavy atom. The molecule has 0 aliphatic heterocycles.